The van der Waals surface area contributed by atoms with E-state index in [2.05, 4.69) is 11.4 Å². The molecule has 122 valence electrons. The van der Waals surface area contributed by atoms with Crippen LogP contribution in [-0.2, 0) is 15.0 Å². The molecule has 0 unspecified atom stereocenters. The van der Waals surface area contributed by atoms with Crippen molar-refractivity contribution in [3.8, 4) is 5.75 Å². The first-order valence-electron chi connectivity index (χ1n) is 8.36. The summed E-state index contributed by atoms with van der Waals surface area (Å²) in [6, 6.07) is 8.00. The average Bonchev–Trinajstić information content (AvgIpc) is 3.06. The van der Waals surface area contributed by atoms with Crippen molar-refractivity contribution in [3.63, 3.8) is 0 Å². The lowest BCUT2D eigenvalue weighted by atomic mass is 9.87. The number of benzene rings is 1. The lowest BCUT2D eigenvalue weighted by molar-refractivity contribution is -0.141. The number of carboxylic acids is 1. The second-order valence-corrected chi connectivity index (χ2v) is 7.06. The molecule has 2 N–H and O–H groups in total. The largest absolute Gasteiger partial charge is 0.493 e. The predicted molar refractivity (Wildman–Crippen MR) is 83.2 cm³/mol. The van der Waals surface area contributed by atoms with Gasteiger partial charge in [-0.25, -0.2) is 0 Å². The molecule has 1 aliphatic heterocycles. The summed E-state index contributed by atoms with van der Waals surface area (Å²) in [5, 5.41) is 12.2. The maximum atomic E-state index is 12.6. The summed E-state index contributed by atoms with van der Waals surface area (Å²) in [5.74, 6) is -0.0738. The summed E-state index contributed by atoms with van der Waals surface area (Å²) in [5.41, 5.74) is 1.09. The Hall–Kier alpha value is -2.04. The molecule has 0 radical (unpaired) electrons. The van der Waals surface area contributed by atoms with Crippen LogP contribution in [0, 0.1) is 11.8 Å². The summed E-state index contributed by atoms with van der Waals surface area (Å²) < 4.78 is 5.70. The number of nitrogens with one attached hydrogen (secondary N) is 1. The highest BCUT2D eigenvalue weighted by Crippen LogP contribution is 2.60. The van der Waals surface area contributed by atoms with Crippen LogP contribution in [-0.4, -0.2) is 29.6 Å². The molecule has 1 aromatic rings. The molecule has 2 saturated carbocycles. The van der Waals surface area contributed by atoms with Crippen LogP contribution in [0.2, 0.25) is 0 Å². The smallest absolute Gasteiger partial charge is 0.306 e. The molecule has 2 aliphatic carbocycles. The van der Waals surface area contributed by atoms with Crippen LogP contribution < -0.4 is 10.1 Å². The van der Waals surface area contributed by atoms with Crippen molar-refractivity contribution in [3.05, 3.63) is 29.8 Å². The van der Waals surface area contributed by atoms with Gasteiger partial charge in [0.25, 0.3) is 0 Å². The summed E-state index contributed by atoms with van der Waals surface area (Å²) in [4.78, 5) is 23.7. The van der Waals surface area contributed by atoms with Crippen molar-refractivity contribution in [2.24, 2.45) is 11.8 Å². The van der Waals surface area contributed by atoms with E-state index >= 15 is 0 Å². The quantitative estimate of drug-likeness (QED) is 0.895. The summed E-state index contributed by atoms with van der Waals surface area (Å²) in [6.07, 6.45) is 3.73. The van der Waals surface area contributed by atoms with E-state index in [-0.39, 0.29) is 29.2 Å². The average molecular weight is 315 g/mol. The van der Waals surface area contributed by atoms with E-state index in [1.165, 1.54) is 0 Å². The van der Waals surface area contributed by atoms with Gasteiger partial charge in [-0.3, -0.25) is 9.59 Å². The third-order valence-electron chi connectivity index (χ3n) is 5.75. The second kappa shape index (κ2) is 5.25. The number of aliphatic carboxylic acids is 1. The molecule has 0 aromatic heterocycles. The Morgan fingerprint density at radius 3 is 2.87 bits per heavy atom. The van der Waals surface area contributed by atoms with Gasteiger partial charge < -0.3 is 15.2 Å². The molecule has 1 amide bonds. The Morgan fingerprint density at radius 2 is 2.09 bits per heavy atom. The Morgan fingerprint density at radius 1 is 1.26 bits per heavy atom. The number of carboxylic acid groups (broad SMARTS) is 1. The summed E-state index contributed by atoms with van der Waals surface area (Å²) >= 11 is 0. The van der Waals surface area contributed by atoms with Crippen molar-refractivity contribution in [2.45, 2.75) is 43.6 Å². The van der Waals surface area contributed by atoms with Gasteiger partial charge in [0, 0.05) is 22.9 Å². The molecule has 1 spiro atoms. The maximum absolute atomic E-state index is 12.6. The number of carbonyl (C=O) groups excluding carboxylic acids is 1. The van der Waals surface area contributed by atoms with E-state index in [4.69, 9.17) is 9.84 Å². The van der Waals surface area contributed by atoms with E-state index in [9.17, 15) is 9.59 Å². The van der Waals surface area contributed by atoms with Crippen molar-refractivity contribution in [1.82, 2.24) is 5.32 Å². The molecular formula is C18H21NO4. The third-order valence-corrected chi connectivity index (χ3v) is 5.75. The number of hydrogen-bond acceptors (Lipinski definition) is 3. The fourth-order valence-corrected chi connectivity index (χ4v) is 4.34. The highest BCUT2D eigenvalue weighted by molar-refractivity contribution is 5.85. The fraction of sp³-hybridized carbons (Fsp3) is 0.556. The van der Waals surface area contributed by atoms with Crippen LogP contribution in [0.25, 0.3) is 0 Å². The molecule has 23 heavy (non-hydrogen) atoms. The fourth-order valence-electron chi connectivity index (χ4n) is 4.34. The first-order valence-corrected chi connectivity index (χ1v) is 8.36. The van der Waals surface area contributed by atoms with Crippen LogP contribution in [0.15, 0.2) is 24.3 Å². The SMILES string of the molecule is O=C(O)[C@H]1CC[C@@H](NC(=O)[C@@H]2C[C@]23CCOc2ccccc23)C1. The number of ether oxygens (including phenoxy) is 1. The highest BCUT2D eigenvalue weighted by atomic mass is 16.5. The van der Waals surface area contributed by atoms with Crippen LogP contribution in [0.5, 0.6) is 5.75 Å². The minimum atomic E-state index is -0.747. The Bertz CT molecular complexity index is 658. The Kier molecular flexibility index (Phi) is 3.32. The Labute approximate surface area is 135 Å². The molecule has 5 nitrogen and oxygen atoms in total. The molecule has 1 heterocycles. The zero-order valence-electron chi connectivity index (χ0n) is 13.0. The lowest BCUT2D eigenvalue weighted by Crippen LogP contribution is -2.37. The normalized spacial score (nSPS) is 34.5. The van der Waals surface area contributed by atoms with Gasteiger partial charge in [-0.1, -0.05) is 18.2 Å². The second-order valence-electron chi connectivity index (χ2n) is 7.06. The number of carbonyl (C=O) groups is 2. The van der Waals surface area contributed by atoms with Crippen molar-refractivity contribution in [1.29, 1.82) is 0 Å². The summed E-state index contributed by atoms with van der Waals surface area (Å²) in [7, 11) is 0. The molecule has 4 rings (SSSR count). The van der Waals surface area contributed by atoms with Gasteiger partial charge in [0.15, 0.2) is 0 Å². The van der Waals surface area contributed by atoms with E-state index < -0.39 is 5.97 Å². The van der Waals surface area contributed by atoms with E-state index in [1.807, 2.05) is 18.2 Å². The zero-order valence-corrected chi connectivity index (χ0v) is 13.0. The predicted octanol–water partition coefficient (Wildman–Crippen LogP) is 2.10. The topological polar surface area (TPSA) is 75.6 Å². The highest BCUT2D eigenvalue weighted by Gasteiger charge is 2.61. The minimum absolute atomic E-state index is 0.00331. The van der Waals surface area contributed by atoms with Gasteiger partial charge in [0.1, 0.15) is 5.75 Å². The van der Waals surface area contributed by atoms with Gasteiger partial charge in [0.2, 0.25) is 5.91 Å². The van der Waals surface area contributed by atoms with E-state index in [0.717, 1.165) is 30.6 Å². The van der Waals surface area contributed by atoms with Gasteiger partial charge in [-0.2, -0.15) is 0 Å². The van der Waals surface area contributed by atoms with Crippen LogP contribution >= 0.6 is 0 Å². The minimum Gasteiger partial charge on any atom is -0.493 e. The van der Waals surface area contributed by atoms with E-state index in [0.29, 0.717) is 19.4 Å². The van der Waals surface area contributed by atoms with Crippen LogP contribution in [0.4, 0.5) is 0 Å². The molecular weight excluding hydrogens is 294 g/mol. The molecule has 0 saturated heterocycles. The van der Waals surface area contributed by atoms with Gasteiger partial charge in [-0.15, -0.1) is 0 Å². The van der Waals surface area contributed by atoms with Gasteiger partial charge >= 0.3 is 5.97 Å². The maximum Gasteiger partial charge on any atom is 0.306 e. The van der Waals surface area contributed by atoms with Crippen molar-refractivity contribution < 1.29 is 19.4 Å². The van der Waals surface area contributed by atoms with Crippen molar-refractivity contribution in [2.75, 3.05) is 6.61 Å². The monoisotopic (exact) mass is 315 g/mol. The van der Waals surface area contributed by atoms with E-state index in [1.54, 1.807) is 0 Å². The lowest BCUT2D eigenvalue weighted by Gasteiger charge is -2.27. The number of para-hydroxylation sites is 1. The first-order chi connectivity index (χ1) is 11.1. The molecule has 3 aliphatic rings. The van der Waals surface area contributed by atoms with Crippen molar-refractivity contribution >= 4 is 11.9 Å². The zero-order chi connectivity index (χ0) is 16.0. The number of hydrogen-bond donors (Lipinski definition) is 2. The summed E-state index contributed by atoms with van der Waals surface area (Å²) in [6.45, 7) is 0.658. The number of fused-ring (bicyclic) bond motifs is 2. The van der Waals surface area contributed by atoms with Crippen LogP contribution in [0.3, 0.4) is 0 Å². The third kappa shape index (κ3) is 2.38. The molecule has 5 heteroatoms. The first kappa shape index (κ1) is 14.5. The standard InChI is InChI=1S/C18H21NO4/c20-16(19-12-6-5-11(9-12)17(21)22)14-10-18(14)7-8-23-15-4-2-1-3-13(15)18/h1-4,11-12,14H,5-10H2,(H,19,20)(H,21,22)/t11-,12+,14-,18-/m0/s1. The Balaban J connectivity index is 1.44. The van der Waals surface area contributed by atoms with Gasteiger partial charge in [0.05, 0.1) is 12.5 Å². The van der Waals surface area contributed by atoms with Crippen LogP contribution in [0.1, 0.15) is 37.7 Å². The van der Waals surface area contributed by atoms with Gasteiger partial charge in [-0.05, 0) is 38.2 Å². The molecule has 4 atom stereocenters. The molecule has 0 bridgehead atoms. The molecule has 2 fully saturated rings. The number of rotatable bonds is 3. The molecule has 1 aromatic carbocycles. The number of amides is 1.